The highest BCUT2D eigenvalue weighted by Gasteiger charge is 2.44. The number of likely N-dealkylation sites (N-methyl/N-ethyl adjacent to an activating group) is 1. The van der Waals surface area contributed by atoms with E-state index in [2.05, 4.69) is 68.3 Å². The minimum Gasteiger partial charge on any atom is -0.298 e. The number of rotatable bonds is 0. The molecule has 0 saturated carbocycles. The Kier molecular flexibility index (Phi) is 2.41. The van der Waals surface area contributed by atoms with E-state index in [1.54, 1.807) is 11.1 Å². The largest absolute Gasteiger partial charge is 0.298 e. The SMILES string of the molecule is CN1CCc2cccc3c2C1C(C)(C)c1ccccc1-3. The molecule has 2 aliphatic rings. The minimum atomic E-state index is 0.162. The van der Waals surface area contributed by atoms with Crippen LogP contribution in [-0.4, -0.2) is 18.5 Å². The molecule has 1 nitrogen and oxygen atoms in total. The molecule has 1 atom stereocenters. The smallest absolute Gasteiger partial charge is 0.0445 e. The fraction of sp³-hybridized carbons (Fsp3) is 0.368. The molecule has 0 radical (unpaired) electrons. The lowest BCUT2D eigenvalue weighted by Crippen LogP contribution is -2.45. The molecular weight excluding hydrogens is 242 g/mol. The highest BCUT2D eigenvalue weighted by Crippen LogP contribution is 2.53. The second-order valence-electron chi connectivity index (χ2n) is 6.78. The second kappa shape index (κ2) is 3.95. The zero-order chi connectivity index (χ0) is 13.9. The lowest BCUT2D eigenvalue weighted by Gasteiger charge is -2.49. The highest BCUT2D eigenvalue weighted by atomic mass is 15.1. The van der Waals surface area contributed by atoms with Crippen LogP contribution in [0.1, 0.15) is 36.6 Å². The summed E-state index contributed by atoms with van der Waals surface area (Å²) in [4.78, 5) is 2.54. The monoisotopic (exact) mass is 263 g/mol. The van der Waals surface area contributed by atoms with E-state index in [1.165, 1.54) is 23.1 Å². The van der Waals surface area contributed by atoms with Crippen molar-refractivity contribution in [2.45, 2.75) is 31.7 Å². The van der Waals surface area contributed by atoms with Crippen LogP contribution >= 0.6 is 0 Å². The number of fused-ring (bicyclic) bond motifs is 2. The number of benzene rings is 2. The summed E-state index contributed by atoms with van der Waals surface area (Å²) in [6, 6.07) is 16.3. The Morgan fingerprint density at radius 3 is 2.60 bits per heavy atom. The van der Waals surface area contributed by atoms with E-state index in [0.717, 1.165) is 6.54 Å². The van der Waals surface area contributed by atoms with Crippen LogP contribution in [0.4, 0.5) is 0 Å². The van der Waals surface area contributed by atoms with Gasteiger partial charge < -0.3 is 0 Å². The van der Waals surface area contributed by atoms with Gasteiger partial charge in [-0.05, 0) is 41.3 Å². The van der Waals surface area contributed by atoms with Gasteiger partial charge in [0.05, 0.1) is 0 Å². The average molecular weight is 263 g/mol. The van der Waals surface area contributed by atoms with Crippen LogP contribution < -0.4 is 0 Å². The quantitative estimate of drug-likeness (QED) is 0.689. The minimum absolute atomic E-state index is 0.162. The Morgan fingerprint density at radius 1 is 1.00 bits per heavy atom. The Morgan fingerprint density at radius 2 is 1.75 bits per heavy atom. The Hall–Kier alpha value is -1.60. The van der Waals surface area contributed by atoms with Crippen molar-refractivity contribution in [2.75, 3.05) is 13.6 Å². The molecular formula is C19H21N. The van der Waals surface area contributed by atoms with E-state index >= 15 is 0 Å². The van der Waals surface area contributed by atoms with Gasteiger partial charge in [0.15, 0.2) is 0 Å². The van der Waals surface area contributed by atoms with E-state index in [0.29, 0.717) is 6.04 Å². The molecule has 4 rings (SSSR count). The molecule has 102 valence electrons. The molecule has 0 aromatic heterocycles. The first-order chi connectivity index (χ1) is 9.60. The van der Waals surface area contributed by atoms with Gasteiger partial charge in [-0.15, -0.1) is 0 Å². The topological polar surface area (TPSA) is 3.24 Å². The van der Waals surface area contributed by atoms with Gasteiger partial charge in [-0.2, -0.15) is 0 Å². The zero-order valence-corrected chi connectivity index (χ0v) is 12.5. The van der Waals surface area contributed by atoms with Crippen molar-refractivity contribution in [1.82, 2.24) is 4.90 Å². The van der Waals surface area contributed by atoms with E-state index in [4.69, 9.17) is 0 Å². The maximum Gasteiger partial charge on any atom is 0.0445 e. The summed E-state index contributed by atoms with van der Waals surface area (Å²) in [5.41, 5.74) is 7.66. The van der Waals surface area contributed by atoms with Crippen molar-refractivity contribution in [3.05, 3.63) is 59.2 Å². The fourth-order valence-corrected chi connectivity index (χ4v) is 4.37. The van der Waals surface area contributed by atoms with Gasteiger partial charge in [-0.1, -0.05) is 56.3 Å². The van der Waals surface area contributed by atoms with Crippen LogP contribution in [-0.2, 0) is 11.8 Å². The molecule has 0 spiro atoms. The van der Waals surface area contributed by atoms with Crippen LogP contribution in [0, 0.1) is 0 Å². The normalized spacial score (nSPS) is 23.1. The molecule has 0 saturated heterocycles. The first-order valence-corrected chi connectivity index (χ1v) is 7.52. The van der Waals surface area contributed by atoms with Gasteiger partial charge >= 0.3 is 0 Å². The van der Waals surface area contributed by atoms with Crippen LogP contribution in [0.5, 0.6) is 0 Å². The van der Waals surface area contributed by atoms with Gasteiger partial charge in [0.25, 0.3) is 0 Å². The summed E-state index contributed by atoms with van der Waals surface area (Å²) < 4.78 is 0. The van der Waals surface area contributed by atoms with Crippen LogP contribution in [0.2, 0.25) is 0 Å². The molecule has 2 aromatic rings. The predicted molar refractivity (Wildman–Crippen MR) is 84.0 cm³/mol. The van der Waals surface area contributed by atoms with Gasteiger partial charge in [0.2, 0.25) is 0 Å². The van der Waals surface area contributed by atoms with Crippen molar-refractivity contribution >= 4 is 0 Å². The third kappa shape index (κ3) is 1.42. The summed E-state index contributed by atoms with van der Waals surface area (Å²) in [6.07, 6.45) is 1.18. The van der Waals surface area contributed by atoms with Crippen molar-refractivity contribution in [1.29, 1.82) is 0 Å². The van der Waals surface area contributed by atoms with Gasteiger partial charge in [-0.3, -0.25) is 4.90 Å². The third-order valence-corrected chi connectivity index (χ3v) is 5.24. The maximum absolute atomic E-state index is 2.54. The summed E-state index contributed by atoms with van der Waals surface area (Å²) in [6.45, 7) is 5.96. The Balaban J connectivity index is 2.11. The molecule has 0 fully saturated rings. The molecule has 1 unspecified atom stereocenters. The predicted octanol–water partition coefficient (Wildman–Crippen LogP) is 4.17. The van der Waals surface area contributed by atoms with Crippen LogP contribution in [0.3, 0.4) is 0 Å². The molecule has 1 heterocycles. The second-order valence-corrected chi connectivity index (χ2v) is 6.78. The van der Waals surface area contributed by atoms with Crippen molar-refractivity contribution < 1.29 is 0 Å². The number of hydrogen-bond donors (Lipinski definition) is 0. The summed E-state index contributed by atoms with van der Waals surface area (Å²) in [5, 5.41) is 0. The van der Waals surface area contributed by atoms with Gasteiger partial charge in [0, 0.05) is 18.0 Å². The summed E-state index contributed by atoms with van der Waals surface area (Å²) in [7, 11) is 2.28. The summed E-state index contributed by atoms with van der Waals surface area (Å²) in [5.74, 6) is 0. The molecule has 1 aliphatic carbocycles. The number of nitrogens with zero attached hydrogens (tertiary/aromatic N) is 1. The van der Waals surface area contributed by atoms with E-state index in [9.17, 15) is 0 Å². The van der Waals surface area contributed by atoms with Crippen molar-refractivity contribution in [3.63, 3.8) is 0 Å². The molecule has 0 bridgehead atoms. The Bertz CT molecular complexity index is 684. The van der Waals surface area contributed by atoms with Gasteiger partial charge in [-0.25, -0.2) is 0 Å². The molecule has 20 heavy (non-hydrogen) atoms. The third-order valence-electron chi connectivity index (χ3n) is 5.24. The summed E-state index contributed by atoms with van der Waals surface area (Å²) >= 11 is 0. The maximum atomic E-state index is 2.54. The van der Waals surface area contributed by atoms with Crippen molar-refractivity contribution in [3.8, 4) is 11.1 Å². The standard InChI is InChI=1S/C19H21N/c1-19(2)16-10-5-4-8-14(16)15-9-6-7-13-11-12-20(3)18(19)17(13)15/h4-10,18H,11-12H2,1-3H3. The first-order valence-electron chi connectivity index (χ1n) is 7.52. The van der Waals surface area contributed by atoms with Crippen LogP contribution in [0.25, 0.3) is 11.1 Å². The van der Waals surface area contributed by atoms with Gasteiger partial charge in [0.1, 0.15) is 0 Å². The molecule has 2 aromatic carbocycles. The first kappa shape index (κ1) is 12.2. The molecule has 1 aliphatic heterocycles. The van der Waals surface area contributed by atoms with E-state index in [-0.39, 0.29) is 5.41 Å². The molecule has 0 amide bonds. The Labute approximate surface area is 121 Å². The van der Waals surface area contributed by atoms with E-state index < -0.39 is 0 Å². The van der Waals surface area contributed by atoms with Crippen molar-refractivity contribution in [2.24, 2.45) is 0 Å². The molecule has 0 N–H and O–H groups in total. The lowest BCUT2D eigenvalue weighted by molar-refractivity contribution is 0.153. The fourth-order valence-electron chi connectivity index (χ4n) is 4.37. The lowest BCUT2D eigenvalue weighted by atomic mass is 9.64. The van der Waals surface area contributed by atoms with E-state index in [1.807, 2.05) is 0 Å². The highest BCUT2D eigenvalue weighted by molar-refractivity contribution is 5.77. The number of hydrogen-bond acceptors (Lipinski definition) is 1. The average Bonchev–Trinajstić information content (AvgIpc) is 2.45. The van der Waals surface area contributed by atoms with Crippen LogP contribution in [0.15, 0.2) is 42.5 Å². The zero-order valence-electron chi connectivity index (χ0n) is 12.5. The molecule has 1 heteroatoms.